The molecule has 1 saturated heterocycles. The van der Waals surface area contributed by atoms with Crippen molar-refractivity contribution in [3.8, 4) is 0 Å². The average Bonchev–Trinajstić information content (AvgIpc) is 2.86. The number of ketones is 1. The number of rotatable bonds is 3. The second-order valence-electron chi connectivity index (χ2n) is 5.61. The minimum Gasteiger partial charge on any atom is -0.299 e. The normalized spacial score (nSPS) is 21.2. The summed E-state index contributed by atoms with van der Waals surface area (Å²) in [4.78, 5) is 24.6. The van der Waals surface area contributed by atoms with E-state index in [0.29, 0.717) is 0 Å². The van der Waals surface area contributed by atoms with Gasteiger partial charge in [0.05, 0.1) is 11.7 Å². The van der Waals surface area contributed by atoms with E-state index in [-0.39, 0.29) is 17.7 Å². The lowest BCUT2D eigenvalue weighted by Gasteiger charge is -2.18. The minimum absolute atomic E-state index is 0.124. The van der Waals surface area contributed by atoms with Crippen molar-refractivity contribution in [1.82, 2.24) is 5.43 Å². The molecule has 0 saturated carbocycles. The number of aryl methyl sites for hydroxylation is 1. The third-order valence-corrected chi connectivity index (χ3v) is 3.98. The van der Waals surface area contributed by atoms with Gasteiger partial charge in [0.2, 0.25) is 0 Å². The van der Waals surface area contributed by atoms with E-state index in [1.807, 2.05) is 61.5 Å². The van der Waals surface area contributed by atoms with E-state index in [2.05, 4.69) is 5.43 Å². The molecule has 1 N–H and O–H groups in total. The van der Waals surface area contributed by atoms with Gasteiger partial charge in [-0.1, -0.05) is 48.0 Å². The molecule has 0 bridgehead atoms. The zero-order valence-electron chi connectivity index (χ0n) is 12.6. The number of carbonyl (C=O) groups excluding carboxylic acids is 2. The van der Waals surface area contributed by atoms with Crippen molar-refractivity contribution in [2.45, 2.75) is 19.9 Å². The third kappa shape index (κ3) is 2.53. The topological polar surface area (TPSA) is 49.4 Å². The molecule has 1 fully saturated rings. The number of benzene rings is 2. The third-order valence-electron chi connectivity index (χ3n) is 3.98. The Balaban J connectivity index is 1.97. The van der Waals surface area contributed by atoms with Crippen molar-refractivity contribution in [3.05, 3.63) is 65.7 Å². The van der Waals surface area contributed by atoms with Gasteiger partial charge in [0, 0.05) is 0 Å². The molecular formula is C18H18N2O2. The Morgan fingerprint density at radius 2 is 1.68 bits per heavy atom. The maximum atomic E-state index is 12.6. The summed E-state index contributed by atoms with van der Waals surface area (Å²) in [6.45, 7) is 3.48. The first-order valence-electron chi connectivity index (χ1n) is 7.30. The number of hydrazine groups is 1. The monoisotopic (exact) mass is 294 g/mol. The Bertz CT molecular complexity index is 695. The first-order chi connectivity index (χ1) is 10.6. The van der Waals surface area contributed by atoms with Crippen LogP contribution in [0.4, 0.5) is 5.69 Å². The number of amides is 1. The molecule has 4 heteroatoms. The molecule has 1 aliphatic heterocycles. The van der Waals surface area contributed by atoms with E-state index in [1.165, 1.54) is 11.9 Å². The predicted octanol–water partition coefficient (Wildman–Crippen LogP) is 2.79. The van der Waals surface area contributed by atoms with E-state index in [0.717, 1.165) is 16.8 Å². The number of nitrogens with one attached hydrogen (secondary N) is 1. The van der Waals surface area contributed by atoms with Gasteiger partial charge >= 0.3 is 0 Å². The van der Waals surface area contributed by atoms with E-state index >= 15 is 0 Å². The molecule has 22 heavy (non-hydrogen) atoms. The zero-order chi connectivity index (χ0) is 15.7. The number of hydrogen-bond acceptors (Lipinski definition) is 3. The highest BCUT2D eigenvalue weighted by Gasteiger charge is 2.44. The standard InChI is InChI=1S/C18H18N2O2/c1-12-8-10-14(11-9-12)17-16(13(2)21)18(22)20(19-17)15-6-4-3-5-7-15/h3-11,16-17,19H,1-2H3/t16-,17-/m1/s1. The Hall–Kier alpha value is -2.46. The van der Waals surface area contributed by atoms with E-state index in [1.54, 1.807) is 0 Å². The van der Waals surface area contributed by atoms with E-state index in [4.69, 9.17) is 0 Å². The summed E-state index contributed by atoms with van der Waals surface area (Å²) in [7, 11) is 0. The molecule has 3 rings (SSSR count). The van der Waals surface area contributed by atoms with Gasteiger partial charge in [-0.25, -0.2) is 10.4 Å². The second-order valence-corrected chi connectivity index (χ2v) is 5.61. The van der Waals surface area contributed by atoms with Crippen molar-refractivity contribution >= 4 is 17.4 Å². The molecule has 2 atom stereocenters. The fraction of sp³-hybridized carbons (Fsp3) is 0.222. The number of hydrogen-bond donors (Lipinski definition) is 1. The Kier molecular flexibility index (Phi) is 3.77. The molecule has 2 aromatic carbocycles. The molecule has 112 valence electrons. The number of para-hydroxylation sites is 1. The second kappa shape index (κ2) is 5.73. The lowest BCUT2D eigenvalue weighted by Crippen LogP contribution is -2.35. The highest BCUT2D eigenvalue weighted by Crippen LogP contribution is 2.33. The molecule has 0 spiro atoms. The number of anilines is 1. The quantitative estimate of drug-likeness (QED) is 0.886. The fourth-order valence-corrected chi connectivity index (χ4v) is 2.79. The van der Waals surface area contributed by atoms with Crippen LogP contribution in [0.1, 0.15) is 24.1 Å². The number of nitrogens with zero attached hydrogens (tertiary/aromatic N) is 1. The molecule has 2 aromatic rings. The number of carbonyl (C=O) groups is 2. The van der Waals surface area contributed by atoms with Crippen LogP contribution in [-0.2, 0) is 9.59 Å². The lowest BCUT2D eigenvalue weighted by atomic mass is 9.91. The lowest BCUT2D eigenvalue weighted by molar-refractivity contribution is -0.129. The van der Waals surface area contributed by atoms with Crippen LogP contribution in [-0.4, -0.2) is 11.7 Å². The summed E-state index contributed by atoms with van der Waals surface area (Å²) in [5.41, 5.74) is 6.02. The van der Waals surface area contributed by atoms with Crippen LogP contribution in [0.15, 0.2) is 54.6 Å². The van der Waals surface area contributed by atoms with E-state index < -0.39 is 5.92 Å². The largest absolute Gasteiger partial charge is 0.299 e. The summed E-state index contributed by atoms with van der Waals surface area (Å²) in [6, 6.07) is 16.9. The van der Waals surface area contributed by atoms with Gasteiger partial charge in [-0.15, -0.1) is 0 Å². The van der Waals surface area contributed by atoms with Gasteiger partial charge < -0.3 is 0 Å². The van der Waals surface area contributed by atoms with E-state index in [9.17, 15) is 9.59 Å². The summed E-state index contributed by atoms with van der Waals surface area (Å²) < 4.78 is 0. The smallest absolute Gasteiger partial charge is 0.253 e. The molecule has 1 amide bonds. The molecule has 1 heterocycles. The number of Topliss-reactive ketones (excluding diaryl/α,β-unsaturated/α-hetero) is 1. The van der Waals surface area contributed by atoms with Crippen LogP contribution >= 0.6 is 0 Å². The van der Waals surface area contributed by atoms with Crippen molar-refractivity contribution in [3.63, 3.8) is 0 Å². The van der Waals surface area contributed by atoms with Crippen LogP contribution in [0.25, 0.3) is 0 Å². The summed E-state index contributed by atoms with van der Waals surface area (Å²) in [5, 5.41) is 1.48. The molecule has 1 aliphatic rings. The van der Waals surface area contributed by atoms with Crippen molar-refractivity contribution < 1.29 is 9.59 Å². The Labute approximate surface area is 129 Å². The van der Waals surface area contributed by atoms with Crippen LogP contribution in [0.3, 0.4) is 0 Å². The van der Waals surface area contributed by atoms with Crippen LogP contribution in [0.2, 0.25) is 0 Å². The molecular weight excluding hydrogens is 276 g/mol. The summed E-state index contributed by atoms with van der Waals surface area (Å²) >= 11 is 0. The van der Waals surface area contributed by atoms with Crippen LogP contribution < -0.4 is 10.4 Å². The molecule has 0 aromatic heterocycles. The predicted molar refractivity (Wildman–Crippen MR) is 85.2 cm³/mol. The highest BCUT2D eigenvalue weighted by molar-refractivity contribution is 6.09. The Morgan fingerprint density at radius 3 is 2.27 bits per heavy atom. The van der Waals surface area contributed by atoms with Gasteiger partial charge in [-0.2, -0.15) is 0 Å². The average molecular weight is 294 g/mol. The molecule has 4 nitrogen and oxygen atoms in total. The van der Waals surface area contributed by atoms with Crippen LogP contribution in [0, 0.1) is 12.8 Å². The van der Waals surface area contributed by atoms with Crippen molar-refractivity contribution in [1.29, 1.82) is 0 Å². The van der Waals surface area contributed by atoms with Gasteiger partial charge in [0.15, 0.2) is 0 Å². The van der Waals surface area contributed by atoms with Gasteiger partial charge in [-0.3, -0.25) is 9.59 Å². The molecule has 0 aliphatic carbocycles. The first-order valence-corrected chi connectivity index (χ1v) is 7.30. The first kappa shape index (κ1) is 14.5. The summed E-state index contributed by atoms with van der Waals surface area (Å²) in [5.74, 6) is -1.02. The fourth-order valence-electron chi connectivity index (χ4n) is 2.79. The highest BCUT2D eigenvalue weighted by atomic mass is 16.2. The van der Waals surface area contributed by atoms with Gasteiger partial charge in [0.25, 0.3) is 5.91 Å². The Morgan fingerprint density at radius 1 is 1.05 bits per heavy atom. The minimum atomic E-state index is -0.692. The zero-order valence-corrected chi connectivity index (χ0v) is 12.6. The summed E-state index contributed by atoms with van der Waals surface area (Å²) in [6.07, 6.45) is 0. The molecule has 0 unspecified atom stereocenters. The van der Waals surface area contributed by atoms with Gasteiger partial charge in [-0.05, 0) is 31.5 Å². The SMILES string of the molecule is CC(=O)[C@H]1C(=O)N(c2ccccc2)N[C@@H]1c1ccc(C)cc1. The van der Waals surface area contributed by atoms with Gasteiger partial charge in [0.1, 0.15) is 11.7 Å². The van der Waals surface area contributed by atoms with Crippen LogP contribution in [0.5, 0.6) is 0 Å². The van der Waals surface area contributed by atoms with Crippen molar-refractivity contribution in [2.75, 3.05) is 5.01 Å². The maximum absolute atomic E-state index is 12.6. The molecule has 0 radical (unpaired) electrons. The van der Waals surface area contributed by atoms with Crippen molar-refractivity contribution in [2.24, 2.45) is 5.92 Å². The maximum Gasteiger partial charge on any atom is 0.253 e.